The Balaban J connectivity index is 1.45. The Kier molecular flexibility index (Phi) is 6.89. The van der Waals surface area contributed by atoms with Gasteiger partial charge in [-0.1, -0.05) is 0 Å². The fraction of sp³-hybridized carbons (Fsp3) is 0.800. The number of amides is 1. The van der Waals surface area contributed by atoms with E-state index in [1.54, 1.807) is 0 Å². The summed E-state index contributed by atoms with van der Waals surface area (Å²) < 4.78 is 1.99. The van der Waals surface area contributed by atoms with Crippen LogP contribution in [0.15, 0.2) is 6.07 Å². The maximum absolute atomic E-state index is 12.7. The molecule has 0 radical (unpaired) electrons. The van der Waals surface area contributed by atoms with Gasteiger partial charge in [0, 0.05) is 77.0 Å². The minimum atomic E-state index is 0.175. The molecule has 2 saturated heterocycles. The van der Waals surface area contributed by atoms with Crippen molar-refractivity contribution < 1.29 is 9.90 Å². The average molecular weight is 378 g/mol. The highest BCUT2D eigenvalue weighted by molar-refractivity contribution is 5.76. The maximum atomic E-state index is 12.7. The van der Waals surface area contributed by atoms with Crippen molar-refractivity contribution in [2.75, 3.05) is 59.5 Å². The van der Waals surface area contributed by atoms with Crippen LogP contribution < -0.4 is 0 Å². The number of carbonyl (C=O) groups excluding carboxylic acids is 1. The molecule has 0 saturated carbocycles. The first-order valence-electron chi connectivity index (χ1n) is 10.3. The molecule has 1 aromatic heterocycles. The molecule has 0 aromatic carbocycles. The zero-order valence-corrected chi connectivity index (χ0v) is 17.1. The first-order valence-corrected chi connectivity index (χ1v) is 10.3. The number of nitrogens with zero attached hydrogens (tertiary/aromatic N) is 5. The summed E-state index contributed by atoms with van der Waals surface area (Å²) >= 11 is 0. The number of aliphatic hydroxyl groups is 1. The van der Waals surface area contributed by atoms with Gasteiger partial charge < -0.3 is 19.8 Å². The van der Waals surface area contributed by atoms with E-state index in [9.17, 15) is 9.90 Å². The number of rotatable bonds is 7. The van der Waals surface area contributed by atoms with Gasteiger partial charge in [0.15, 0.2) is 0 Å². The van der Waals surface area contributed by atoms with Gasteiger partial charge in [-0.2, -0.15) is 5.10 Å². The zero-order valence-electron chi connectivity index (χ0n) is 17.1. The maximum Gasteiger partial charge on any atom is 0.222 e. The minimum absolute atomic E-state index is 0.175. The lowest BCUT2D eigenvalue weighted by molar-refractivity contribution is -0.130. The Labute approximate surface area is 162 Å². The van der Waals surface area contributed by atoms with E-state index in [-0.39, 0.29) is 18.4 Å². The zero-order chi connectivity index (χ0) is 19.4. The second-order valence-electron chi connectivity index (χ2n) is 8.36. The highest BCUT2D eigenvalue weighted by Gasteiger charge is 2.35. The number of carbonyl (C=O) groups is 1. The molecule has 7 nitrogen and oxygen atoms in total. The van der Waals surface area contributed by atoms with Crippen molar-refractivity contribution in [3.8, 4) is 0 Å². The first-order chi connectivity index (χ1) is 13.0. The van der Waals surface area contributed by atoms with Crippen molar-refractivity contribution in [2.24, 2.45) is 11.8 Å². The number of likely N-dealkylation sites (tertiary alicyclic amines) is 1. The quantitative estimate of drug-likeness (QED) is 0.754. The number of aromatic nitrogens is 2. The fourth-order valence-electron chi connectivity index (χ4n) is 4.36. The van der Waals surface area contributed by atoms with E-state index in [0.717, 1.165) is 63.6 Å². The predicted molar refractivity (Wildman–Crippen MR) is 106 cm³/mol. The lowest BCUT2D eigenvalue weighted by atomic mass is 9.96. The van der Waals surface area contributed by atoms with E-state index in [1.165, 1.54) is 0 Å². The molecule has 7 heteroatoms. The van der Waals surface area contributed by atoms with Crippen LogP contribution in [0.25, 0.3) is 0 Å². The average Bonchev–Trinajstić information content (AvgIpc) is 3.19. The van der Waals surface area contributed by atoms with Gasteiger partial charge >= 0.3 is 0 Å². The molecule has 2 atom stereocenters. The molecule has 27 heavy (non-hydrogen) atoms. The number of hydrogen-bond acceptors (Lipinski definition) is 5. The van der Waals surface area contributed by atoms with E-state index in [0.29, 0.717) is 18.9 Å². The van der Waals surface area contributed by atoms with E-state index >= 15 is 0 Å². The van der Waals surface area contributed by atoms with Crippen LogP contribution in [0.3, 0.4) is 0 Å². The molecule has 2 aliphatic rings. The highest BCUT2D eigenvalue weighted by atomic mass is 16.3. The summed E-state index contributed by atoms with van der Waals surface area (Å²) in [5.41, 5.74) is 2.17. The minimum Gasteiger partial charge on any atom is -0.396 e. The second-order valence-corrected chi connectivity index (χ2v) is 8.36. The van der Waals surface area contributed by atoms with Crippen LogP contribution in [0.1, 0.15) is 24.2 Å². The van der Waals surface area contributed by atoms with Crippen LogP contribution >= 0.6 is 0 Å². The lowest BCUT2D eigenvalue weighted by Gasteiger charge is -2.34. The van der Waals surface area contributed by atoms with Crippen molar-refractivity contribution >= 4 is 5.91 Å². The first kappa shape index (κ1) is 20.3. The molecule has 0 bridgehead atoms. The molecule has 152 valence electrons. The smallest absolute Gasteiger partial charge is 0.222 e. The number of aliphatic hydroxyl groups excluding tert-OH is 1. The Bertz CT molecular complexity index is 624. The monoisotopic (exact) mass is 377 g/mol. The van der Waals surface area contributed by atoms with Crippen molar-refractivity contribution in [2.45, 2.75) is 33.2 Å². The molecule has 0 unspecified atom stereocenters. The third kappa shape index (κ3) is 5.30. The number of likely N-dealkylation sites (N-methyl/N-ethyl adjacent to an activating group) is 1. The molecule has 2 aliphatic heterocycles. The van der Waals surface area contributed by atoms with Crippen LogP contribution in [0.2, 0.25) is 0 Å². The summed E-state index contributed by atoms with van der Waals surface area (Å²) in [7, 11) is 2.16. The number of aryl methyl sites for hydroxylation is 3. The molecule has 3 rings (SSSR count). The van der Waals surface area contributed by atoms with Crippen molar-refractivity contribution in [3.05, 3.63) is 17.5 Å². The van der Waals surface area contributed by atoms with Crippen molar-refractivity contribution in [1.29, 1.82) is 0 Å². The van der Waals surface area contributed by atoms with E-state index in [4.69, 9.17) is 0 Å². The predicted octanol–water partition coefficient (Wildman–Crippen LogP) is 0.594. The van der Waals surface area contributed by atoms with E-state index < -0.39 is 0 Å². The standard InChI is InChI=1S/C20H35N5O2/c1-16-11-17(2)25(21-16)6-4-5-20(27)24-13-18(19(14-24)15-26)12-23-9-7-22(3)8-10-23/h11,18-19,26H,4-10,12-15H2,1-3H3/t18-,19-/m1/s1. The van der Waals surface area contributed by atoms with Gasteiger partial charge in [0.25, 0.3) is 0 Å². The lowest BCUT2D eigenvalue weighted by Crippen LogP contribution is -2.47. The summed E-state index contributed by atoms with van der Waals surface area (Å²) in [6.45, 7) is 11.9. The fourth-order valence-corrected chi connectivity index (χ4v) is 4.36. The molecular formula is C20H35N5O2. The van der Waals surface area contributed by atoms with E-state index in [1.807, 2.05) is 16.5 Å². The topological polar surface area (TPSA) is 64.8 Å². The number of hydrogen-bond donors (Lipinski definition) is 1. The summed E-state index contributed by atoms with van der Waals surface area (Å²) in [5, 5.41) is 14.3. The van der Waals surface area contributed by atoms with Gasteiger partial charge in [0.2, 0.25) is 5.91 Å². The molecule has 0 spiro atoms. The van der Waals surface area contributed by atoms with Gasteiger partial charge in [-0.15, -0.1) is 0 Å². The Hall–Kier alpha value is -1.44. The van der Waals surface area contributed by atoms with Gasteiger partial charge in [0.1, 0.15) is 0 Å². The molecule has 1 amide bonds. The largest absolute Gasteiger partial charge is 0.396 e. The Morgan fingerprint density at radius 1 is 1.19 bits per heavy atom. The van der Waals surface area contributed by atoms with Gasteiger partial charge in [0.05, 0.1) is 5.69 Å². The van der Waals surface area contributed by atoms with Crippen LogP contribution in [0, 0.1) is 25.7 Å². The molecule has 3 heterocycles. The summed E-state index contributed by atoms with van der Waals surface area (Å²) in [6.07, 6.45) is 1.36. The van der Waals surface area contributed by atoms with Crippen molar-refractivity contribution in [1.82, 2.24) is 24.5 Å². The Morgan fingerprint density at radius 3 is 2.52 bits per heavy atom. The van der Waals surface area contributed by atoms with Gasteiger partial charge in [-0.25, -0.2) is 0 Å². The molecular weight excluding hydrogens is 342 g/mol. The summed E-state index contributed by atoms with van der Waals surface area (Å²) in [5.74, 6) is 0.818. The SMILES string of the molecule is Cc1cc(C)n(CCCC(=O)N2C[C@@H](CN3CCN(C)CC3)[C@@H](CO)C2)n1. The molecule has 2 fully saturated rings. The highest BCUT2D eigenvalue weighted by Crippen LogP contribution is 2.25. The summed E-state index contributed by atoms with van der Waals surface area (Å²) in [6, 6.07) is 2.07. The second kappa shape index (κ2) is 9.17. The molecule has 1 N–H and O–H groups in total. The third-order valence-corrected chi connectivity index (χ3v) is 6.12. The van der Waals surface area contributed by atoms with Crippen LogP contribution in [-0.2, 0) is 11.3 Å². The molecule has 1 aromatic rings. The normalized spacial score (nSPS) is 24.7. The third-order valence-electron chi connectivity index (χ3n) is 6.12. The van der Waals surface area contributed by atoms with Crippen LogP contribution in [-0.4, -0.2) is 95.0 Å². The Morgan fingerprint density at radius 2 is 1.89 bits per heavy atom. The van der Waals surface area contributed by atoms with E-state index in [2.05, 4.69) is 34.9 Å². The number of piperazine rings is 1. The van der Waals surface area contributed by atoms with Gasteiger partial charge in [-0.3, -0.25) is 9.48 Å². The van der Waals surface area contributed by atoms with Gasteiger partial charge in [-0.05, 0) is 39.3 Å². The van der Waals surface area contributed by atoms with Crippen LogP contribution in [0.4, 0.5) is 0 Å². The van der Waals surface area contributed by atoms with Crippen LogP contribution in [0.5, 0.6) is 0 Å². The molecule has 0 aliphatic carbocycles. The van der Waals surface area contributed by atoms with Crippen molar-refractivity contribution in [3.63, 3.8) is 0 Å². The summed E-state index contributed by atoms with van der Waals surface area (Å²) in [4.78, 5) is 19.5.